The third-order valence-corrected chi connectivity index (χ3v) is 4.35. The van der Waals surface area contributed by atoms with E-state index in [0.29, 0.717) is 28.0 Å². The molecule has 28 heavy (non-hydrogen) atoms. The van der Waals surface area contributed by atoms with Gasteiger partial charge in [-0.2, -0.15) is 5.10 Å². The zero-order chi connectivity index (χ0) is 19.7. The Bertz CT molecular complexity index is 1150. The number of rotatable bonds is 4. The largest absolute Gasteiger partial charge is 0.319 e. The zero-order valence-electron chi connectivity index (χ0n) is 15.4. The Morgan fingerprint density at radius 1 is 1.11 bits per heavy atom. The quantitative estimate of drug-likeness (QED) is 0.571. The number of aromatic nitrogens is 4. The number of hydrogen-bond donors (Lipinski definition) is 1. The molecule has 0 radical (unpaired) electrons. The molecule has 0 atom stereocenters. The first-order chi connectivity index (χ1) is 13.5. The van der Waals surface area contributed by atoms with Gasteiger partial charge in [-0.05, 0) is 44.2 Å². The number of nitrogens with one attached hydrogen (secondary N) is 1. The smallest absolute Gasteiger partial charge is 0.256 e. The molecule has 0 aliphatic carbocycles. The fourth-order valence-electron chi connectivity index (χ4n) is 2.98. The Kier molecular flexibility index (Phi) is 4.57. The van der Waals surface area contributed by atoms with E-state index < -0.39 is 11.7 Å². The third-order valence-electron chi connectivity index (χ3n) is 4.35. The van der Waals surface area contributed by atoms with E-state index in [0.717, 1.165) is 0 Å². The van der Waals surface area contributed by atoms with Crippen LogP contribution in [-0.4, -0.2) is 25.7 Å². The van der Waals surface area contributed by atoms with Crippen LogP contribution in [0.4, 0.5) is 10.1 Å². The molecule has 0 fully saturated rings. The molecule has 0 saturated carbocycles. The number of amides is 1. The molecule has 7 heteroatoms. The van der Waals surface area contributed by atoms with Gasteiger partial charge in [-0.3, -0.25) is 9.78 Å². The Balaban J connectivity index is 1.86. The van der Waals surface area contributed by atoms with E-state index >= 15 is 0 Å². The van der Waals surface area contributed by atoms with E-state index in [1.54, 1.807) is 35.3 Å². The van der Waals surface area contributed by atoms with E-state index in [1.165, 1.54) is 12.1 Å². The lowest BCUT2D eigenvalue weighted by Crippen LogP contribution is -2.14. The van der Waals surface area contributed by atoms with Crippen molar-refractivity contribution in [3.63, 3.8) is 0 Å². The van der Waals surface area contributed by atoms with Crippen LogP contribution in [0.1, 0.15) is 30.2 Å². The fraction of sp³-hybridized carbons (Fsp3) is 0.143. The van der Waals surface area contributed by atoms with Gasteiger partial charge in [0.25, 0.3) is 5.91 Å². The van der Waals surface area contributed by atoms with Crippen molar-refractivity contribution in [1.82, 2.24) is 19.7 Å². The van der Waals surface area contributed by atoms with Gasteiger partial charge in [0.15, 0.2) is 5.65 Å². The van der Waals surface area contributed by atoms with Gasteiger partial charge in [-0.15, -0.1) is 0 Å². The highest BCUT2D eigenvalue weighted by Gasteiger charge is 2.19. The average molecular weight is 375 g/mol. The van der Waals surface area contributed by atoms with Gasteiger partial charge >= 0.3 is 0 Å². The number of para-hydroxylation sites is 1. The molecule has 1 amide bonds. The summed E-state index contributed by atoms with van der Waals surface area (Å²) >= 11 is 0. The highest BCUT2D eigenvalue weighted by atomic mass is 19.1. The number of carbonyl (C=O) groups is 1. The van der Waals surface area contributed by atoms with Crippen LogP contribution in [0, 0.1) is 5.82 Å². The Labute approximate surface area is 161 Å². The number of nitrogens with zero attached hydrogens (tertiary/aromatic N) is 4. The van der Waals surface area contributed by atoms with Crippen LogP contribution in [-0.2, 0) is 0 Å². The second-order valence-electron chi connectivity index (χ2n) is 6.62. The molecule has 6 nitrogen and oxygen atoms in total. The third kappa shape index (κ3) is 3.22. The molecule has 0 spiro atoms. The van der Waals surface area contributed by atoms with E-state index in [2.05, 4.69) is 20.4 Å². The highest BCUT2D eigenvalue weighted by molar-refractivity contribution is 6.12. The predicted molar refractivity (Wildman–Crippen MR) is 105 cm³/mol. The van der Waals surface area contributed by atoms with Crippen LogP contribution < -0.4 is 5.32 Å². The molecule has 3 heterocycles. The van der Waals surface area contributed by atoms with Crippen molar-refractivity contribution in [1.29, 1.82) is 0 Å². The van der Waals surface area contributed by atoms with Crippen LogP contribution >= 0.6 is 0 Å². The van der Waals surface area contributed by atoms with Gasteiger partial charge in [-0.1, -0.05) is 18.2 Å². The summed E-state index contributed by atoms with van der Waals surface area (Å²) in [5.41, 5.74) is 2.25. The lowest BCUT2D eigenvalue weighted by atomic mass is 10.1. The molecule has 0 saturated heterocycles. The van der Waals surface area contributed by atoms with Gasteiger partial charge in [0.05, 0.1) is 34.2 Å². The standard InChI is InChI=1S/C21H18FN5O/c1-13(2)27-20-15(12-24-27)14(11-19(25-20)18-9-5-6-10-23-18)21(28)26-17-8-4-3-7-16(17)22/h3-13H,1-2H3,(H,26,28). The first-order valence-electron chi connectivity index (χ1n) is 8.90. The number of anilines is 1. The van der Waals surface area contributed by atoms with Gasteiger partial charge in [-0.25, -0.2) is 14.1 Å². The van der Waals surface area contributed by atoms with Gasteiger partial charge in [0.2, 0.25) is 0 Å². The van der Waals surface area contributed by atoms with Crippen molar-refractivity contribution in [2.24, 2.45) is 0 Å². The Morgan fingerprint density at radius 3 is 2.61 bits per heavy atom. The van der Waals surface area contributed by atoms with Crippen molar-refractivity contribution in [2.75, 3.05) is 5.32 Å². The normalized spacial score (nSPS) is 11.1. The summed E-state index contributed by atoms with van der Waals surface area (Å²) in [6.07, 6.45) is 3.28. The number of carbonyl (C=O) groups excluding carboxylic acids is 1. The van der Waals surface area contributed by atoms with Crippen molar-refractivity contribution in [3.05, 3.63) is 72.3 Å². The summed E-state index contributed by atoms with van der Waals surface area (Å²) < 4.78 is 15.7. The minimum atomic E-state index is -0.496. The van der Waals surface area contributed by atoms with Crippen LogP contribution in [0.2, 0.25) is 0 Å². The molecular formula is C21H18FN5O. The first-order valence-corrected chi connectivity index (χ1v) is 8.90. The predicted octanol–water partition coefficient (Wildman–Crippen LogP) is 4.47. The molecule has 0 aliphatic heterocycles. The summed E-state index contributed by atoms with van der Waals surface area (Å²) in [6, 6.07) is 13.3. The van der Waals surface area contributed by atoms with Crippen LogP contribution in [0.15, 0.2) is 60.9 Å². The van der Waals surface area contributed by atoms with E-state index in [-0.39, 0.29) is 11.7 Å². The molecule has 4 aromatic rings. The topological polar surface area (TPSA) is 72.7 Å². The molecular weight excluding hydrogens is 357 g/mol. The highest BCUT2D eigenvalue weighted by Crippen LogP contribution is 2.26. The molecule has 0 unspecified atom stereocenters. The SMILES string of the molecule is CC(C)n1ncc2c(C(=O)Nc3ccccc3F)cc(-c3ccccn3)nc21. The second kappa shape index (κ2) is 7.19. The lowest BCUT2D eigenvalue weighted by molar-refractivity contribution is 0.102. The van der Waals surface area contributed by atoms with Crippen molar-refractivity contribution in [2.45, 2.75) is 19.9 Å². The number of fused-ring (bicyclic) bond motifs is 1. The minimum Gasteiger partial charge on any atom is -0.319 e. The maximum absolute atomic E-state index is 14.0. The Hall–Kier alpha value is -3.61. The van der Waals surface area contributed by atoms with Gasteiger partial charge in [0.1, 0.15) is 5.82 Å². The molecule has 0 aliphatic rings. The number of pyridine rings is 2. The van der Waals surface area contributed by atoms with E-state index in [9.17, 15) is 9.18 Å². The van der Waals surface area contributed by atoms with Crippen LogP contribution in [0.3, 0.4) is 0 Å². The Morgan fingerprint density at radius 2 is 1.89 bits per heavy atom. The molecule has 1 N–H and O–H groups in total. The summed E-state index contributed by atoms with van der Waals surface area (Å²) in [6.45, 7) is 3.97. The van der Waals surface area contributed by atoms with Crippen molar-refractivity contribution < 1.29 is 9.18 Å². The maximum Gasteiger partial charge on any atom is 0.256 e. The maximum atomic E-state index is 14.0. The second-order valence-corrected chi connectivity index (χ2v) is 6.62. The fourth-order valence-corrected chi connectivity index (χ4v) is 2.98. The summed E-state index contributed by atoms with van der Waals surface area (Å²) in [5.74, 6) is -0.929. The minimum absolute atomic E-state index is 0.0615. The number of hydrogen-bond acceptors (Lipinski definition) is 4. The summed E-state index contributed by atoms with van der Waals surface area (Å²) in [4.78, 5) is 22.0. The summed E-state index contributed by atoms with van der Waals surface area (Å²) in [7, 11) is 0. The van der Waals surface area contributed by atoms with Crippen LogP contribution in [0.25, 0.3) is 22.4 Å². The van der Waals surface area contributed by atoms with Gasteiger partial charge < -0.3 is 5.32 Å². The monoisotopic (exact) mass is 375 g/mol. The number of halogens is 1. The van der Waals surface area contributed by atoms with Crippen LogP contribution in [0.5, 0.6) is 0 Å². The molecule has 3 aromatic heterocycles. The molecule has 0 bridgehead atoms. The van der Waals surface area contributed by atoms with E-state index in [1.807, 2.05) is 32.0 Å². The zero-order valence-corrected chi connectivity index (χ0v) is 15.4. The van der Waals surface area contributed by atoms with Gasteiger partial charge in [0, 0.05) is 12.2 Å². The molecule has 1 aromatic carbocycles. The average Bonchev–Trinajstić information content (AvgIpc) is 3.14. The molecule has 4 rings (SSSR count). The van der Waals surface area contributed by atoms with Crippen molar-refractivity contribution in [3.8, 4) is 11.4 Å². The summed E-state index contributed by atoms with van der Waals surface area (Å²) in [5, 5.41) is 7.61. The lowest BCUT2D eigenvalue weighted by Gasteiger charge is -2.11. The van der Waals surface area contributed by atoms with E-state index in [4.69, 9.17) is 0 Å². The number of benzene rings is 1. The van der Waals surface area contributed by atoms with Crippen molar-refractivity contribution >= 4 is 22.6 Å². The molecule has 140 valence electrons. The first kappa shape index (κ1) is 17.8.